The number of H-pyrrole nitrogens is 1. The van der Waals surface area contributed by atoms with Crippen molar-refractivity contribution in [2.75, 3.05) is 11.9 Å². The Morgan fingerprint density at radius 2 is 2.05 bits per heavy atom. The molecular formula is C15H14BrN3O. The van der Waals surface area contributed by atoms with E-state index in [1.54, 1.807) is 6.20 Å². The Morgan fingerprint density at radius 1 is 1.25 bits per heavy atom. The second kappa shape index (κ2) is 5.64. The number of nitrogens with zero attached hydrogens (tertiary/aromatic N) is 1. The van der Waals surface area contributed by atoms with E-state index < -0.39 is 0 Å². The van der Waals surface area contributed by atoms with E-state index in [-0.39, 0.29) is 12.6 Å². The Bertz CT molecular complexity index is 711. The SMILES string of the molecule is OCC(Nc1cc(Br)cc2[nH]ncc12)c1ccccc1. The van der Waals surface area contributed by atoms with E-state index in [1.165, 1.54) is 0 Å². The molecular weight excluding hydrogens is 318 g/mol. The summed E-state index contributed by atoms with van der Waals surface area (Å²) >= 11 is 3.49. The van der Waals surface area contributed by atoms with Crippen LogP contribution in [0.4, 0.5) is 5.69 Å². The topological polar surface area (TPSA) is 60.9 Å². The molecule has 2 aromatic carbocycles. The standard InChI is InChI=1S/C15H14BrN3O/c16-11-6-13(12-8-17-19-14(12)7-11)18-15(9-20)10-4-2-1-3-5-10/h1-8,15,18,20H,9H2,(H,17,19). The molecule has 0 saturated carbocycles. The van der Waals surface area contributed by atoms with Crippen molar-refractivity contribution in [3.63, 3.8) is 0 Å². The fourth-order valence-electron chi connectivity index (χ4n) is 2.24. The van der Waals surface area contributed by atoms with E-state index in [0.29, 0.717) is 0 Å². The molecule has 5 heteroatoms. The number of rotatable bonds is 4. The number of hydrogen-bond donors (Lipinski definition) is 3. The quantitative estimate of drug-likeness (QED) is 0.686. The van der Waals surface area contributed by atoms with Crippen molar-refractivity contribution in [3.05, 3.63) is 58.7 Å². The number of aromatic amines is 1. The maximum Gasteiger partial charge on any atom is 0.0745 e. The van der Waals surface area contributed by atoms with Gasteiger partial charge < -0.3 is 10.4 Å². The molecule has 3 aromatic rings. The van der Waals surface area contributed by atoms with Gasteiger partial charge in [-0.2, -0.15) is 5.10 Å². The molecule has 0 saturated heterocycles. The lowest BCUT2D eigenvalue weighted by atomic mass is 10.1. The van der Waals surface area contributed by atoms with Crippen molar-refractivity contribution in [3.8, 4) is 0 Å². The molecule has 0 aliphatic rings. The van der Waals surface area contributed by atoms with Crippen LogP contribution in [0.15, 0.2) is 53.1 Å². The molecule has 4 nitrogen and oxygen atoms in total. The van der Waals surface area contributed by atoms with E-state index in [0.717, 1.165) is 26.6 Å². The molecule has 0 fully saturated rings. The zero-order chi connectivity index (χ0) is 13.9. The maximum atomic E-state index is 9.64. The Morgan fingerprint density at radius 3 is 2.80 bits per heavy atom. The Hall–Kier alpha value is -1.85. The number of aliphatic hydroxyl groups is 1. The first kappa shape index (κ1) is 13.1. The highest BCUT2D eigenvalue weighted by Gasteiger charge is 2.12. The van der Waals surface area contributed by atoms with Crippen LogP contribution in [0.1, 0.15) is 11.6 Å². The summed E-state index contributed by atoms with van der Waals surface area (Å²) in [6.07, 6.45) is 1.78. The number of benzene rings is 2. The molecule has 1 atom stereocenters. The minimum Gasteiger partial charge on any atom is -0.394 e. The summed E-state index contributed by atoms with van der Waals surface area (Å²) in [5.41, 5.74) is 2.93. The zero-order valence-electron chi connectivity index (χ0n) is 10.7. The predicted octanol–water partition coefficient (Wildman–Crippen LogP) is 3.47. The maximum absolute atomic E-state index is 9.64. The third kappa shape index (κ3) is 2.55. The van der Waals surface area contributed by atoms with Gasteiger partial charge in [0.05, 0.1) is 24.4 Å². The minimum absolute atomic E-state index is 0.0237. The molecule has 1 aromatic heterocycles. The summed E-state index contributed by atoms with van der Waals surface area (Å²) in [6.45, 7) is 0.0237. The van der Waals surface area contributed by atoms with Gasteiger partial charge in [-0.3, -0.25) is 5.10 Å². The van der Waals surface area contributed by atoms with Crippen molar-refractivity contribution in [1.29, 1.82) is 0 Å². The average molecular weight is 332 g/mol. The van der Waals surface area contributed by atoms with E-state index in [2.05, 4.69) is 31.4 Å². The van der Waals surface area contributed by atoms with Crippen molar-refractivity contribution in [2.24, 2.45) is 0 Å². The number of nitrogens with one attached hydrogen (secondary N) is 2. The highest BCUT2D eigenvalue weighted by atomic mass is 79.9. The lowest BCUT2D eigenvalue weighted by Crippen LogP contribution is -2.14. The molecule has 0 spiro atoms. The van der Waals surface area contributed by atoms with Crippen LogP contribution in [0.25, 0.3) is 10.9 Å². The van der Waals surface area contributed by atoms with E-state index in [9.17, 15) is 5.11 Å². The second-order valence-corrected chi connectivity index (χ2v) is 5.49. The number of anilines is 1. The third-order valence-corrected chi connectivity index (χ3v) is 3.70. The minimum atomic E-state index is -0.149. The number of fused-ring (bicyclic) bond motifs is 1. The molecule has 1 unspecified atom stereocenters. The molecule has 3 rings (SSSR count). The number of aromatic nitrogens is 2. The highest BCUT2D eigenvalue weighted by molar-refractivity contribution is 9.10. The molecule has 0 aliphatic heterocycles. The summed E-state index contributed by atoms with van der Waals surface area (Å²) in [7, 11) is 0. The van der Waals surface area contributed by atoms with Gasteiger partial charge in [0.15, 0.2) is 0 Å². The van der Waals surface area contributed by atoms with Crippen LogP contribution in [0.5, 0.6) is 0 Å². The average Bonchev–Trinajstić information content (AvgIpc) is 2.93. The fraction of sp³-hybridized carbons (Fsp3) is 0.133. The first-order chi connectivity index (χ1) is 9.78. The van der Waals surface area contributed by atoms with Gasteiger partial charge in [0, 0.05) is 15.5 Å². The van der Waals surface area contributed by atoms with Crippen LogP contribution in [0, 0.1) is 0 Å². The molecule has 3 N–H and O–H groups in total. The van der Waals surface area contributed by atoms with Gasteiger partial charge in [0.2, 0.25) is 0 Å². The molecule has 1 heterocycles. The molecule has 0 amide bonds. The number of aliphatic hydroxyl groups excluding tert-OH is 1. The van der Waals surface area contributed by atoms with Gasteiger partial charge in [0.25, 0.3) is 0 Å². The van der Waals surface area contributed by atoms with Crippen LogP contribution in [-0.4, -0.2) is 21.9 Å². The summed E-state index contributed by atoms with van der Waals surface area (Å²) < 4.78 is 0.960. The van der Waals surface area contributed by atoms with Crippen molar-refractivity contribution < 1.29 is 5.11 Å². The van der Waals surface area contributed by atoms with Gasteiger partial charge in [0.1, 0.15) is 0 Å². The second-order valence-electron chi connectivity index (χ2n) is 4.57. The number of hydrogen-bond acceptors (Lipinski definition) is 3. The Balaban J connectivity index is 1.97. The third-order valence-electron chi connectivity index (χ3n) is 3.24. The van der Waals surface area contributed by atoms with Gasteiger partial charge in [-0.15, -0.1) is 0 Å². The normalized spacial score (nSPS) is 12.5. The van der Waals surface area contributed by atoms with Crippen molar-refractivity contribution >= 4 is 32.5 Å². The van der Waals surface area contributed by atoms with Gasteiger partial charge >= 0.3 is 0 Å². The molecule has 0 bridgehead atoms. The smallest absolute Gasteiger partial charge is 0.0745 e. The monoisotopic (exact) mass is 331 g/mol. The van der Waals surface area contributed by atoms with E-state index in [1.807, 2.05) is 42.5 Å². The Labute approximate surface area is 125 Å². The predicted molar refractivity (Wildman–Crippen MR) is 83.7 cm³/mol. The van der Waals surface area contributed by atoms with Gasteiger partial charge in [-0.1, -0.05) is 46.3 Å². The highest BCUT2D eigenvalue weighted by Crippen LogP contribution is 2.29. The zero-order valence-corrected chi connectivity index (χ0v) is 12.3. The molecule has 0 radical (unpaired) electrons. The number of halogens is 1. The van der Waals surface area contributed by atoms with Gasteiger partial charge in [-0.05, 0) is 17.7 Å². The summed E-state index contributed by atoms with van der Waals surface area (Å²) in [4.78, 5) is 0. The first-order valence-corrected chi connectivity index (χ1v) is 7.12. The van der Waals surface area contributed by atoms with Crippen molar-refractivity contribution in [1.82, 2.24) is 10.2 Å². The molecule has 20 heavy (non-hydrogen) atoms. The Kier molecular flexibility index (Phi) is 3.71. The first-order valence-electron chi connectivity index (χ1n) is 6.33. The van der Waals surface area contributed by atoms with Gasteiger partial charge in [-0.25, -0.2) is 0 Å². The summed E-state index contributed by atoms with van der Waals surface area (Å²) in [6, 6.07) is 13.7. The van der Waals surface area contributed by atoms with Crippen LogP contribution in [0.2, 0.25) is 0 Å². The van der Waals surface area contributed by atoms with Crippen molar-refractivity contribution in [2.45, 2.75) is 6.04 Å². The van der Waals surface area contributed by atoms with Crippen LogP contribution in [0.3, 0.4) is 0 Å². The summed E-state index contributed by atoms with van der Waals surface area (Å²) in [5, 5.41) is 21.0. The fourth-order valence-corrected chi connectivity index (χ4v) is 2.70. The van der Waals surface area contributed by atoms with Crippen LogP contribution < -0.4 is 5.32 Å². The summed E-state index contributed by atoms with van der Waals surface area (Å²) in [5.74, 6) is 0. The van der Waals surface area contributed by atoms with E-state index >= 15 is 0 Å². The van der Waals surface area contributed by atoms with Crippen LogP contribution >= 0.6 is 15.9 Å². The van der Waals surface area contributed by atoms with Crippen LogP contribution in [-0.2, 0) is 0 Å². The molecule has 0 aliphatic carbocycles. The largest absolute Gasteiger partial charge is 0.394 e. The van der Waals surface area contributed by atoms with E-state index in [4.69, 9.17) is 0 Å². The molecule has 102 valence electrons. The lowest BCUT2D eigenvalue weighted by molar-refractivity contribution is 0.276. The lowest BCUT2D eigenvalue weighted by Gasteiger charge is -2.18.